The Morgan fingerprint density at radius 3 is 0.931 bits per heavy atom. The number of benzene rings is 19. The number of para-hydroxylation sites is 14. The van der Waals surface area contributed by atoms with Gasteiger partial charge in [-0.15, -0.1) is 0 Å². The van der Waals surface area contributed by atoms with Crippen molar-refractivity contribution in [2.75, 3.05) is 4.90 Å². The molecule has 0 fully saturated rings. The fourth-order valence-electron chi connectivity index (χ4n) is 20.3. The van der Waals surface area contributed by atoms with Crippen LogP contribution in [0.4, 0.5) is 17.1 Å². The van der Waals surface area contributed by atoms with E-state index in [9.17, 15) is 0 Å². The van der Waals surface area contributed by atoms with Crippen LogP contribution in [0.25, 0.3) is 210 Å². The highest BCUT2D eigenvalue weighted by atomic mass is 16.5. The zero-order valence-corrected chi connectivity index (χ0v) is 70.3. The number of hydrogen-bond donors (Lipinski definition) is 0. The van der Waals surface area contributed by atoms with E-state index < -0.39 is 0 Å². The van der Waals surface area contributed by atoms with Gasteiger partial charge in [-0.25, -0.2) is 0 Å². The minimum Gasteiger partial charge on any atom is -0.455 e. The predicted octanol–water partition coefficient (Wildman–Crippen LogP) is 32.6. The van der Waals surface area contributed by atoms with Gasteiger partial charge in [0.1, 0.15) is 16.7 Å². The topological polar surface area (TPSA) is 68.3 Å². The lowest BCUT2D eigenvalue weighted by Crippen LogP contribution is -2.15. The van der Waals surface area contributed by atoms with Gasteiger partial charge in [-0.1, -0.05) is 279 Å². The normalized spacial score (nSPS) is 12.0. The molecular formula is C120H77N7O3. The lowest BCUT2D eigenvalue weighted by atomic mass is 10.00. The van der Waals surface area contributed by atoms with Crippen LogP contribution in [0.3, 0.4) is 0 Å². The Kier molecular flexibility index (Phi) is 17.1. The van der Waals surface area contributed by atoms with Crippen molar-refractivity contribution >= 4 is 159 Å². The molecule has 28 rings (SSSR count). The maximum Gasteiger partial charge on any atom is 0.159 e. The van der Waals surface area contributed by atoms with Crippen LogP contribution in [0.2, 0.25) is 0 Å². The molecule has 0 N–H and O–H groups in total. The van der Waals surface area contributed by atoms with Crippen LogP contribution in [-0.4, -0.2) is 27.4 Å². The van der Waals surface area contributed by atoms with Gasteiger partial charge in [0, 0.05) is 139 Å². The summed E-state index contributed by atoms with van der Waals surface area (Å²) in [6.45, 7) is 0. The van der Waals surface area contributed by atoms with Gasteiger partial charge in [-0.2, -0.15) is 0 Å². The average Bonchev–Trinajstić information content (AvgIpc) is 1.56. The Hall–Kier alpha value is -17.6. The molecule has 0 unspecified atom stereocenters. The van der Waals surface area contributed by atoms with Crippen molar-refractivity contribution in [2.24, 2.45) is 0 Å². The SMILES string of the molecule is c1ccc(-c2cccc3c2oc2c(-c4ccc(-n5c6ccccc6c6cc7c(ccn7-c7ccccc7)cc65)cc4)cccc23)cc1.c1ccc(-c2cccc3c2oc2c(-n4c5ccccc5c5cc6c(ccn6-c6ccccc6)cc54)cccc23)cc1.c1ccc(-n2ccc3cc4c(cc32)c2ccccc2n4-c2cccc(N3c4ccccc4Oc4ccccc43)c2)cc1. The predicted molar refractivity (Wildman–Crippen MR) is 538 cm³/mol. The summed E-state index contributed by atoms with van der Waals surface area (Å²) < 4.78 is 33.8. The van der Waals surface area contributed by atoms with Crippen molar-refractivity contribution in [2.45, 2.75) is 0 Å². The molecule has 0 saturated heterocycles. The lowest BCUT2D eigenvalue weighted by Gasteiger charge is -2.33. The summed E-state index contributed by atoms with van der Waals surface area (Å²) >= 11 is 0. The quantitative estimate of drug-likeness (QED) is 0.137. The van der Waals surface area contributed by atoms with Crippen LogP contribution in [0.15, 0.2) is 476 Å². The molecule has 9 heterocycles. The summed E-state index contributed by atoms with van der Waals surface area (Å²) in [6, 6.07) is 159. The highest BCUT2D eigenvalue weighted by Gasteiger charge is 2.28. The van der Waals surface area contributed by atoms with Crippen LogP contribution in [-0.2, 0) is 0 Å². The van der Waals surface area contributed by atoms with Crippen molar-refractivity contribution < 1.29 is 13.6 Å². The summed E-state index contributed by atoms with van der Waals surface area (Å²) in [5.74, 6) is 1.70. The summed E-state index contributed by atoms with van der Waals surface area (Å²) in [5, 5.41) is 15.6. The highest BCUT2D eigenvalue weighted by molar-refractivity contribution is 6.19. The highest BCUT2D eigenvalue weighted by Crippen LogP contribution is 2.52. The van der Waals surface area contributed by atoms with Gasteiger partial charge >= 0.3 is 0 Å². The number of ether oxygens (including phenoxy) is 1. The molecule has 0 spiro atoms. The first-order valence-corrected chi connectivity index (χ1v) is 44.2. The molecule has 0 saturated carbocycles. The van der Waals surface area contributed by atoms with Crippen molar-refractivity contribution in [1.82, 2.24) is 27.4 Å². The molecule has 27 aromatic rings. The third-order valence-corrected chi connectivity index (χ3v) is 26.2. The van der Waals surface area contributed by atoms with E-state index >= 15 is 0 Å². The maximum atomic E-state index is 6.82. The standard InChI is InChI=1S/C44H28N2O.C38H25N3O.C38H24N2O/c1-3-11-29(12-4-1)34-16-9-18-37-38-19-10-17-35(44(38)47-43(34)37)30-21-23-33(24-22-30)46-40-20-8-7-15-36(40)39-28-41-31(27-42(39)46)25-26-45(41)32-13-5-2-6-14-32;1-2-11-27(12-3-1)39-22-21-26-23-36-31(25-35(26)39)30-15-4-5-16-32(30)40(36)28-13-10-14-29(24-28)41-33-17-6-8-19-37(33)42-38-20-9-7-18-34(38)41;1-3-11-25(12-4-1)28-16-9-17-30-31-18-10-20-34(38(31)41-37(28)30)40-33-19-8-7-15-29(33)32-24-35-26(23-36(32)40)21-22-39(35)27-13-5-2-6-14-27/h1-28H;1-25H;1-24H. The van der Waals surface area contributed by atoms with Gasteiger partial charge in [0.15, 0.2) is 17.1 Å². The maximum absolute atomic E-state index is 6.82. The fourth-order valence-corrected chi connectivity index (χ4v) is 20.3. The molecule has 130 heavy (non-hydrogen) atoms. The van der Waals surface area contributed by atoms with E-state index in [4.69, 9.17) is 13.6 Å². The monoisotopic (exact) mass is 1660 g/mol. The first-order chi connectivity index (χ1) is 64.5. The molecule has 8 aromatic heterocycles. The Labute approximate surface area is 746 Å². The van der Waals surface area contributed by atoms with Gasteiger partial charge in [0.2, 0.25) is 0 Å². The fraction of sp³-hybridized carbons (Fsp3) is 0. The number of furan rings is 2. The molecule has 10 heteroatoms. The van der Waals surface area contributed by atoms with Crippen molar-refractivity contribution in [3.8, 4) is 79.0 Å². The molecule has 0 atom stereocenters. The molecule has 19 aromatic carbocycles. The molecule has 0 bridgehead atoms. The minimum absolute atomic E-state index is 0.851. The molecule has 0 amide bonds. The smallest absolute Gasteiger partial charge is 0.159 e. The van der Waals surface area contributed by atoms with E-state index in [1.54, 1.807) is 0 Å². The van der Waals surface area contributed by atoms with E-state index in [1.165, 1.54) is 92.6 Å². The Morgan fingerprint density at radius 1 is 0.169 bits per heavy atom. The molecule has 1 aliphatic heterocycles. The number of anilines is 3. The zero-order chi connectivity index (χ0) is 85.4. The average molecular weight is 1660 g/mol. The minimum atomic E-state index is 0.851. The number of fused-ring (bicyclic) bond motifs is 20. The largest absolute Gasteiger partial charge is 0.455 e. The first kappa shape index (κ1) is 73.9. The summed E-state index contributed by atoms with van der Waals surface area (Å²) in [4.78, 5) is 2.30. The van der Waals surface area contributed by atoms with Crippen LogP contribution < -0.4 is 9.64 Å². The molecule has 10 nitrogen and oxygen atoms in total. The number of aromatic nitrogens is 6. The second kappa shape index (κ2) is 30.1. The second-order valence-corrected chi connectivity index (χ2v) is 33.5. The van der Waals surface area contributed by atoms with Gasteiger partial charge in [-0.05, 0) is 187 Å². The zero-order valence-electron chi connectivity index (χ0n) is 70.3. The van der Waals surface area contributed by atoms with E-state index in [2.05, 4.69) is 463 Å². The van der Waals surface area contributed by atoms with Crippen LogP contribution in [0.1, 0.15) is 0 Å². The van der Waals surface area contributed by atoms with E-state index in [-0.39, 0.29) is 0 Å². The molecular weight excluding hydrogens is 1590 g/mol. The summed E-state index contributed by atoms with van der Waals surface area (Å²) in [7, 11) is 0. The van der Waals surface area contributed by atoms with Crippen molar-refractivity contribution in [1.29, 1.82) is 0 Å². The molecule has 0 aliphatic carbocycles. The van der Waals surface area contributed by atoms with Gasteiger partial charge in [0.05, 0.1) is 66.7 Å². The summed E-state index contributed by atoms with van der Waals surface area (Å²) in [6.07, 6.45) is 6.50. The third kappa shape index (κ3) is 12.0. The molecule has 610 valence electrons. The third-order valence-electron chi connectivity index (χ3n) is 26.2. The van der Waals surface area contributed by atoms with Crippen molar-refractivity contribution in [3.63, 3.8) is 0 Å². The van der Waals surface area contributed by atoms with E-state index in [0.717, 1.165) is 145 Å². The first-order valence-electron chi connectivity index (χ1n) is 44.2. The Morgan fingerprint density at radius 2 is 0.485 bits per heavy atom. The van der Waals surface area contributed by atoms with E-state index in [0.29, 0.717) is 0 Å². The lowest BCUT2D eigenvalue weighted by molar-refractivity contribution is 0.477. The summed E-state index contributed by atoms with van der Waals surface area (Å²) in [5.41, 5.74) is 31.0. The second-order valence-electron chi connectivity index (χ2n) is 33.5. The van der Waals surface area contributed by atoms with Crippen LogP contribution in [0.5, 0.6) is 11.5 Å². The Balaban J connectivity index is 0.000000103. The molecule has 0 radical (unpaired) electrons. The van der Waals surface area contributed by atoms with Crippen LogP contribution >= 0.6 is 0 Å². The van der Waals surface area contributed by atoms with E-state index in [1.807, 2.05) is 36.4 Å². The number of rotatable bonds is 10. The number of nitrogens with zero attached hydrogens (tertiary/aromatic N) is 7. The molecule has 1 aliphatic rings. The van der Waals surface area contributed by atoms with Gasteiger partial charge < -0.3 is 45.9 Å². The van der Waals surface area contributed by atoms with Crippen LogP contribution in [0, 0.1) is 0 Å². The van der Waals surface area contributed by atoms with Crippen molar-refractivity contribution in [3.05, 3.63) is 468 Å². The van der Waals surface area contributed by atoms with Gasteiger partial charge in [-0.3, -0.25) is 0 Å². The number of hydrogen-bond acceptors (Lipinski definition) is 4. The van der Waals surface area contributed by atoms with Gasteiger partial charge in [0.25, 0.3) is 0 Å². The Bertz CT molecular complexity index is 9100.